The Morgan fingerprint density at radius 3 is 2.73 bits per heavy atom. The summed E-state index contributed by atoms with van der Waals surface area (Å²) in [5, 5.41) is 9.94. The van der Waals surface area contributed by atoms with Gasteiger partial charge in [0.25, 0.3) is 0 Å². The summed E-state index contributed by atoms with van der Waals surface area (Å²) in [4.78, 5) is 15.3. The fraction of sp³-hybridized carbons (Fsp3) is 0.238. The molecule has 33 heavy (non-hydrogen) atoms. The first-order chi connectivity index (χ1) is 15.9. The number of benzene rings is 1. The number of hydrogen-bond acceptors (Lipinski definition) is 8. The van der Waals surface area contributed by atoms with E-state index in [1.807, 2.05) is 24.0 Å². The Morgan fingerprint density at radius 2 is 1.97 bits per heavy atom. The van der Waals surface area contributed by atoms with Gasteiger partial charge in [-0.2, -0.15) is 9.40 Å². The molecule has 12 heteroatoms. The Morgan fingerprint density at radius 1 is 1.18 bits per heavy atom. The second kappa shape index (κ2) is 8.25. The van der Waals surface area contributed by atoms with Crippen LogP contribution in [0.3, 0.4) is 0 Å². The monoisotopic (exact) mass is 485 g/mol. The lowest BCUT2D eigenvalue weighted by Crippen LogP contribution is -2.48. The Labute approximate surface area is 194 Å². The molecule has 170 valence electrons. The Bertz CT molecular complexity index is 1480. The predicted octanol–water partition coefficient (Wildman–Crippen LogP) is 3.25. The highest BCUT2D eigenvalue weighted by molar-refractivity contribution is 7.92. The number of nitrogens with zero attached hydrogens (tertiary/aromatic N) is 6. The summed E-state index contributed by atoms with van der Waals surface area (Å²) in [5.41, 5.74) is 2.17. The smallest absolute Gasteiger partial charge is 0.246 e. The second-order valence-electron chi connectivity index (χ2n) is 7.58. The van der Waals surface area contributed by atoms with Crippen molar-refractivity contribution in [1.29, 1.82) is 0 Å². The molecule has 1 fully saturated rings. The van der Waals surface area contributed by atoms with Gasteiger partial charge in [-0.05, 0) is 24.6 Å². The van der Waals surface area contributed by atoms with Crippen LogP contribution in [0.1, 0.15) is 5.56 Å². The van der Waals surface area contributed by atoms with Crippen LogP contribution in [-0.2, 0) is 10.0 Å². The molecule has 0 bridgehead atoms. The summed E-state index contributed by atoms with van der Waals surface area (Å²) in [6.45, 7) is 6.93. The molecule has 1 aliphatic heterocycles. The topological polar surface area (TPSA) is 117 Å². The van der Waals surface area contributed by atoms with E-state index < -0.39 is 10.0 Å². The molecule has 1 N–H and O–H groups in total. The molecule has 3 aromatic heterocycles. The predicted molar refractivity (Wildman–Crippen MR) is 126 cm³/mol. The number of pyridine rings is 1. The van der Waals surface area contributed by atoms with Crippen molar-refractivity contribution >= 4 is 49.2 Å². The highest BCUT2D eigenvalue weighted by Gasteiger charge is 2.26. The van der Waals surface area contributed by atoms with Gasteiger partial charge in [0.15, 0.2) is 5.75 Å². The third kappa shape index (κ3) is 3.77. The van der Waals surface area contributed by atoms with Crippen molar-refractivity contribution in [2.75, 3.05) is 31.1 Å². The largest absolute Gasteiger partial charge is 0.435 e. The van der Waals surface area contributed by atoms with Crippen LogP contribution < -0.4 is 9.64 Å². The first kappa shape index (κ1) is 21.6. The maximum atomic E-state index is 12.1. The van der Waals surface area contributed by atoms with Crippen molar-refractivity contribution in [2.24, 2.45) is 0 Å². The van der Waals surface area contributed by atoms with E-state index in [0.29, 0.717) is 54.2 Å². The van der Waals surface area contributed by atoms with Crippen LogP contribution in [0.5, 0.6) is 11.6 Å². The van der Waals surface area contributed by atoms with E-state index in [0.717, 1.165) is 27.3 Å². The average Bonchev–Trinajstić information content (AvgIpc) is 3.30. The number of nitrogens with one attached hydrogen (secondary N) is 1. The van der Waals surface area contributed by atoms with E-state index in [2.05, 4.69) is 31.7 Å². The van der Waals surface area contributed by atoms with E-state index in [1.165, 1.54) is 10.6 Å². The zero-order valence-corrected chi connectivity index (χ0v) is 19.3. The average molecular weight is 486 g/mol. The van der Waals surface area contributed by atoms with Gasteiger partial charge in [-0.1, -0.05) is 18.2 Å². The number of sulfonamides is 1. The lowest BCUT2D eigenvalue weighted by Gasteiger charge is -2.34. The fourth-order valence-corrected chi connectivity index (χ4v) is 4.98. The number of fused-ring (bicyclic) bond motifs is 2. The Hall–Kier alpha value is -3.28. The first-order valence-electron chi connectivity index (χ1n) is 10.2. The van der Waals surface area contributed by atoms with Gasteiger partial charge in [0.1, 0.15) is 17.7 Å². The number of aromatic amines is 1. The van der Waals surface area contributed by atoms with Crippen LogP contribution in [0.2, 0.25) is 5.02 Å². The third-order valence-corrected chi connectivity index (χ3v) is 7.60. The highest BCUT2D eigenvalue weighted by Crippen LogP contribution is 2.39. The first-order valence-corrected chi connectivity index (χ1v) is 12.0. The summed E-state index contributed by atoms with van der Waals surface area (Å²) >= 11 is 6.55. The SMILES string of the molecule is C=CS(=O)(=O)N1CCN(c2ncnc3c(Oc4c(Cl)c(C)cc5[nH]ncc45)nccc23)CC1. The molecule has 4 heterocycles. The maximum Gasteiger partial charge on any atom is 0.246 e. The van der Waals surface area contributed by atoms with Gasteiger partial charge < -0.3 is 9.64 Å². The summed E-state index contributed by atoms with van der Waals surface area (Å²) in [5.74, 6) is 1.43. The molecule has 0 radical (unpaired) electrons. The summed E-state index contributed by atoms with van der Waals surface area (Å²) in [6.07, 6.45) is 4.72. The van der Waals surface area contributed by atoms with Gasteiger partial charge in [-0.15, -0.1) is 0 Å². The number of halogens is 1. The van der Waals surface area contributed by atoms with Crippen LogP contribution in [0.4, 0.5) is 5.82 Å². The number of H-pyrrole nitrogens is 1. The number of ether oxygens (including phenoxy) is 1. The minimum Gasteiger partial charge on any atom is -0.435 e. The normalized spacial score (nSPS) is 15.3. The molecule has 0 unspecified atom stereocenters. The number of aryl methyl sites for hydroxylation is 1. The molecule has 1 aliphatic rings. The van der Waals surface area contributed by atoms with E-state index in [4.69, 9.17) is 16.3 Å². The van der Waals surface area contributed by atoms with E-state index >= 15 is 0 Å². The molecule has 1 aromatic carbocycles. The van der Waals surface area contributed by atoms with Crippen LogP contribution >= 0.6 is 11.6 Å². The van der Waals surface area contributed by atoms with Crippen LogP contribution in [0, 0.1) is 6.92 Å². The highest BCUT2D eigenvalue weighted by atomic mass is 35.5. The number of anilines is 1. The number of hydrogen-bond donors (Lipinski definition) is 1. The van der Waals surface area contributed by atoms with E-state index in [-0.39, 0.29) is 0 Å². The van der Waals surface area contributed by atoms with Gasteiger partial charge in [0.2, 0.25) is 15.9 Å². The van der Waals surface area contributed by atoms with Crippen LogP contribution in [-0.4, -0.2) is 64.1 Å². The minimum atomic E-state index is -3.44. The van der Waals surface area contributed by atoms with Gasteiger partial charge in [0, 0.05) is 43.2 Å². The fourth-order valence-electron chi connectivity index (χ4n) is 3.90. The Kier molecular flexibility index (Phi) is 5.39. The van der Waals surface area contributed by atoms with Crippen LogP contribution in [0.15, 0.2) is 42.8 Å². The third-order valence-electron chi connectivity index (χ3n) is 5.63. The number of piperazine rings is 1. The van der Waals surface area contributed by atoms with Crippen molar-refractivity contribution < 1.29 is 13.2 Å². The van der Waals surface area contributed by atoms with Crippen molar-refractivity contribution in [3.05, 3.63) is 53.4 Å². The maximum absolute atomic E-state index is 12.1. The van der Waals surface area contributed by atoms with Crippen molar-refractivity contribution in [2.45, 2.75) is 6.92 Å². The molecular weight excluding hydrogens is 466 g/mol. The number of aromatic nitrogens is 5. The number of rotatable bonds is 5. The minimum absolute atomic E-state index is 0.291. The molecule has 0 aliphatic carbocycles. The lowest BCUT2D eigenvalue weighted by atomic mass is 10.1. The molecule has 1 saturated heterocycles. The zero-order valence-electron chi connectivity index (χ0n) is 17.7. The van der Waals surface area contributed by atoms with Crippen molar-refractivity contribution in [3.8, 4) is 11.6 Å². The van der Waals surface area contributed by atoms with Gasteiger partial charge in [-0.3, -0.25) is 5.10 Å². The molecule has 0 spiro atoms. The molecular formula is C21H20ClN7O3S. The molecule has 0 amide bonds. The van der Waals surface area contributed by atoms with Crippen molar-refractivity contribution in [1.82, 2.24) is 29.5 Å². The molecule has 4 aromatic rings. The van der Waals surface area contributed by atoms with Gasteiger partial charge in [-0.25, -0.2) is 23.4 Å². The second-order valence-corrected chi connectivity index (χ2v) is 9.83. The van der Waals surface area contributed by atoms with E-state index in [1.54, 1.807) is 12.4 Å². The van der Waals surface area contributed by atoms with Crippen LogP contribution in [0.25, 0.3) is 21.8 Å². The standard InChI is InChI=1S/C21H20ClN7O3S/c1-3-33(30,31)29-8-6-28(7-9-29)20-14-4-5-23-21(18(14)24-12-25-20)32-19-15-11-26-27-16(15)10-13(2)17(19)22/h3-5,10-12H,1,6-9H2,2H3,(H,26,27). The van der Waals surface area contributed by atoms with Gasteiger partial charge >= 0.3 is 0 Å². The summed E-state index contributed by atoms with van der Waals surface area (Å²) in [7, 11) is -3.44. The molecule has 5 rings (SSSR count). The van der Waals surface area contributed by atoms with Gasteiger partial charge in [0.05, 0.1) is 22.1 Å². The van der Waals surface area contributed by atoms with E-state index in [9.17, 15) is 8.42 Å². The summed E-state index contributed by atoms with van der Waals surface area (Å²) < 4.78 is 31.7. The molecule has 0 atom stereocenters. The van der Waals surface area contributed by atoms with Crippen molar-refractivity contribution in [3.63, 3.8) is 0 Å². The summed E-state index contributed by atoms with van der Waals surface area (Å²) in [6, 6.07) is 3.72. The molecule has 0 saturated carbocycles. The Balaban J connectivity index is 1.51. The molecule has 10 nitrogen and oxygen atoms in total. The zero-order chi connectivity index (χ0) is 23.2. The quantitative estimate of drug-likeness (QED) is 0.457. The lowest BCUT2D eigenvalue weighted by molar-refractivity contribution is 0.389.